The van der Waals surface area contributed by atoms with E-state index in [-0.39, 0.29) is 28.6 Å². The summed E-state index contributed by atoms with van der Waals surface area (Å²) in [6.45, 7) is 19.8. The van der Waals surface area contributed by atoms with Crippen LogP contribution in [0, 0.1) is 16.7 Å². The van der Waals surface area contributed by atoms with Crippen molar-refractivity contribution in [2.24, 2.45) is 21.9 Å². The van der Waals surface area contributed by atoms with Gasteiger partial charge in [-0.3, -0.25) is 0 Å². The van der Waals surface area contributed by atoms with E-state index in [1.807, 2.05) is 0 Å². The standard InChI is InChI=1S/C19H31NO2.C3H6O/c1-8-13-11-16(20-22-13)12-9-14(18(2,3)4)17(21)15(10-12)19(5,6)7;1-3(2)4/h9-10,13-14,17,21H,8,11H2,1-7H3;4H,1H2,2H3. The van der Waals surface area contributed by atoms with Crippen LogP contribution in [0.2, 0.25) is 0 Å². The molecule has 0 saturated heterocycles. The van der Waals surface area contributed by atoms with Crippen molar-refractivity contribution in [1.29, 1.82) is 0 Å². The molecule has 0 saturated carbocycles. The van der Waals surface area contributed by atoms with Crippen molar-refractivity contribution in [3.63, 3.8) is 0 Å². The molecule has 0 spiro atoms. The Labute approximate surface area is 159 Å². The predicted octanol–water partition coefficient (Wildman–Crippen LogP) is 5.56. The van der Waals surface area contributed by atoms with Crippen LogP contribution in [0.15, 0.2) is 40.8 Å². The van der Waals surface area contributed by atoms with Crippen LogP contribution >= 0.6 is 0 Å². The maximum atomic E-state index is 10.9. The van der Waals surface area contributed by atoms with Gasteiger partial charge in [-0.1, -0.05) is 72.4 Å². The number of hydrogen-bond acceptors (Lipinski definition) is 4. The Balaban J connectivity index is 0.000000765. The van der Waals surface area contributed by atoms with E-state index in [1.165, 1.54) is 6.92 Å². The number of aliphatic hydroxyl groups is 2. The van der Waals surface area contributed by atoms with Gasteiger partial charge in [-0.25, -0.2) is 0 Å². The number of allylic oxidation sites excluding steroid dienone is 3. The van der Waals surface area contributed by atoms with E-state index in [1.54, 1.807) is 0 Å². The smallest absolute Gasteiger partial charge is 0.133 e. The van der Waals surface area contributed by atoms with Crippen LogP contribution in [0.1, 0.15) is 68.2 Å². The van der Waals surface area contributed by atoms with Crippen LogP contribution in [0.25, 0.3) is 0 Å². The zero-order chi connectivity index (χ0) is 20.3. The van der Waals surface area contributed by atoms with Gasteiger partial charge < -0.3 is 15.1 Å². The van der Waals surface area contributed by atoms with Crippen molar-refractivity contribution < 1.29 is 15.1 Å². The number of oxime groups is 1. The maximum absolute atomic E-state index is 10.9. The van der Waals surface area contributed by atoms with Gasteiger partial charge in [0, 0.05) is 12.3 Å². The van der Waals surface area contributed by atoms with E-state index in [2.05, 4.69) is 72.4 Å². The maximum Gasteiger partial charge on any atom is 0.133 e. The molecule has 2 aliphatic rings. The van der Waals surface area contributed by atoms with E-state index in [0.29, 0.717) is 0 Å². The molecule has 0 radical (unpaired) electrons. The summed E-state index contributed by atoms with van der Waals surface area (Å²) < 4.78 is 0. The SMILES string of the molecule is C=C(C)O.CCC1CC(C2=CC(C(C)(C)C)C(O)C(C(C)(C)C)=C2)=NO1. The topological polar surface area (TPSA) is 62.0 Å². The van der Waals surface area contributed by atoms with Crippen molar-refractivity contribution in [1.82, 2.24) is 0 Å². The third kappa shape index (κ3) is 6.01. The first-order valence-corrected chi connectivity index (χ1v) is 9.46. The van der Waals surface area contributed by atoms with Gasteiger partial charge in [0.05, 0.1) is 17.6 Å². The van der Waals surface area contributed by atoms with Crippen molar-refractivity contribution >= 4 is 5.71 Å². The zero-order valence-electron chi connectivity index (χ0n) is 17.8. The molecule has 4 heteroatoms. The van der Waals surface area contributed by atoms with Crippen molar-refractivity contribution in [2.75, 3.05) is 0 Å². The number of aliphatic hydroxyl groups excluding tert-OH is 2. The first kappa shape index (κ1) is 22.5. The molecule has 148 valence electrons. The van der Waals surface area contributed by atoms with Crippen LogP contribution in [0.3, 0.4) is 0 Å². The second kappa shape index (κ2) is 8.43. The van der Waals surface area contributed by atoms with E-state index >= 15 is 0 Å². The summed E-state index contributed by atoms with van der Waals surface area (Å²) in [6, 6.07) is 0. The molecule has 2 rings (SSSR count). The fraction of sp³-hybridized carbons (Fsp3) is 0.682. The van der Waals surface area contributed by atoms with Crippen LogP contribution in [0.5, 0.6) is 0 Å². The summed E-state index contributed by atoms with van der Waals surface area (Å²) in [4.78, 5) is 5.49. The number of rotatable bonds is 2. The highest BCUT2D eigenvalue weighted by Crippen LogP contribution is 2.43. The molecule has 0 amide bonds. The third-order valence-electron chi connectivity index (χ3n) is 4.72. The minimum atomic E-state index is -0.436. The van der Waals surface area contributed by atoms with Crippen LogP contribution in [0.4, 0.5) is 0 Å². The lowest BCUT2D eigenvalue weighted by atomic mass is 9.67. The fourth-order valence-corrected chi connectivity index (χ4v) is 3.16. The van der Waals surface area contributed by atoms with Gasteiger partial charge in [0.2, 0.25) is 0 Å². The quantitative estimate of drug-likeness (QED) is 0.632. The normalized spacial score (nSPS) is 26.0. The lowest BCUT2D eigenvalue weighted by molar-refractivity contribution is 0.0818. The Bertz CT molecular complexity index is 596. The predicted molar refractivity (Wildman–Crippen MR) is 109 cm³/mol. The van der Waals surface area contributed by atoms with E-state index < -0.39 is 6.10 Å². The fourth-order valence-electron chi connectivity index (χ4n) is 3.16. The van der Waals surface area contributed by atoms with E-state index in [9.17, 15) is 5.11 Å². The van der Waals surface area contributed by atoms with E-state index in [4.69, 9.17) is 9.94 Å². The Kier molecular flexibility index (Phi) is 7.29. The molecule has 0 aromatic rings. The highest BCUT2D eigenvalue weighted by Gasteiger charge is 2.39. The molecule has 4 nitrogen and oxygen atoms in total. The van der Waals surface area contributed by atoms with Crippen LogP contribution < -0.4 is 0 Å². The summed E-state index contributed by atoms with van der Waals surface area (Å²) in [7, 11) is 0. The van der Waals surface area contributed by atoms with Crippen molar-refractivity contribution in [3.8, 4) is 0 Å². The lowest BCUT2D eigenvalue weighted by Crippen LogP contribution is -2.38. The first-order chi connectivity index (χ1) is 11.8. The summed E-state index contributed by atoms with van der Waals surface area (Å²) >= 11 is 0. The number of nitrogens with zero attached hydrogens (tertiary/aromatic N) is 1. The van der Waals surface area contributed by atoms with Gasteiger partial charge in [0.25, 0.3) is 0 Å². The molecular formula is C22H37NO3. The average molecular weight is 364 g/mol. The van der Waals surface area contributed by atoms with Gasteiger partial charge in [-0.2, -0.15) is 0 Å². The molecule has 3 unspecified atom stereocenters. The van der Waals surface area contributed by atoms with Crippen LogP contribution in [-0.2, 0) is 4.84 Å². The molecule has 1 aliphatic carbocycles. The van der Waals surface area contributed by atoms with Gasteiger partial charge >= 0.3 is 0 Å². The molecule has 26 heavy (non-hydrogen) atoms. The second-order valence-corrected chi connectivity index (χ2v) is 9.42. The van der Waals surface area contributed by atoms with E-state index in [0.717, 1.165) is 29.7 Å². The molecule has 1 aliphatic heterocycles. The van der Waals surface area contributed by atoms with Gasteiger partial charge in [-0.15, -0.1) is 0 Å². The average Bonchev–Trinajstić information content (AvgIpc) is 2.93. The molecule has 1 heterocycles. The monoisotopic (exact) mass is 363 g/mol. The molecule has 0 fully saturated rings. The Hall–Kier alpha value is -1.55. The molecule has 0 aromatic heterocycles. The Morgan fingerprint density at radius 2 is 1.81 bits per heavy atom. The minimum absolute atomic E-state index is 0.000391. The van der Waals surface area contributed by atoms with Gasteiger partial charge in [0.1, 0.15) is 6.10 Å². The Morgan fingerprint density at radius 1 is 1.27 bits per heavy atom. The molecule has 3 atom stereocenters. The molecule has 2 N–H and O–H groups in total. The molecular weight excluding hydrogens is 326 g/mol. The lowest BCUT2D eigenvalue weighted by Gasteiger charge is -2.40. The summed E-state index contributed by atoms with van der Waals surface area (Å²) in [5.74, 6) is 0.255. The van der Waals surface area contributed by atoms with Crippen molar-refractivity contribution in [3.05, 3.63) is 35.6 Å². The largest absolute Gasteiger partial charge is 0.513 e. The highest BCUT2D eigenvalue weighted by molar-refractivity contribution is 6.03. The zero-order valence-corrected chi connectivity index (χ0v) is 17.8. The van der Waals surface area contributed by atoms with Gasteiger partial charge in [0.15, 0.2) is 0 Å². The molecule has 0 aromatic carbocycles. The summed E-state index contributed by atoms with van der Waals surface area (Å²) in [5, 5.41) is 23.0. The van der Waals surface area contributed by atoms with Crippen molar-refractivity contribution in [2.45, 2.75) is 80.4 Å². The first-order valence-electron chi connectivity index (χ1n) is 9.46. The minimum Gasteiger partial charge on any atom is -0.513 e. The second-order valence-electron chi connectivity index (χ2n) is 9.42. The molecule has 0 bridgehead atoms. The summed E-state index contributed by atoms with van der Waals surface area (Å²) in [6.07, 6.45) is 5.92. The summed E-state index contributed by atoms with van der Waals surface area (Å²) in [5.41, 5.74) is 3.18. The Morgan fingerprint density at radius 3 is 2.19 bits per heavy atom. The number of hydrogen-bond donors (Lipinski definition) is 2. The highest BCUT2D eigenvalue weighted by atomic mass is 16.6. The van der Waals surface area contributed by atoms with Crippen LogP contribution in [-0.4, -0.2) is 28.1 Å². The van der Waals surface area contributed by atoms with Gasteiger partial charge in [-0.05, 0) is 35.3 Å². The third-order valence-corrected chi connectivity index (χ3v) is 4.72.